The molecule has 1 nitrogen and oxygen atoms in total. The summed E-state index contributed by atoms with van der Waals surface area (Å²) in [5.41, 5.74) is 0. The molecule has 0 radical (unpaired) electrons. The van der Waals surface area contributed by atoms with Crippen molar-refractivity contribution in [1.82, 2.24) is 5.32 Å². The van der Waals surface area contributed by atoms with Crippen LogP contribution in [-0.2, 0) is 6.54 Å². The summed E-state index contributed by atoms with van der Waals surface area (Å²) in [6.07, 6.45) is 5.09. The standard InChI is InChI=1S/C8H8BrNS/c1-2-4-10-6-8-7(9)3-5-11-8/h1,3,5,10H,4,6H2. The number of halogens is 1. The van der Waals surface area contributed by atoms with E-state index >= 15 is 0 Å². The molecule has 0 aliphatic carbocycles. The Morgan fingerprint density at radius 1 is 1.73 bits per heavy atom. The van der Waals surface area contributed by atoms with Gasteiger partial charge >= 0.3 is 0 Å². The molecule has 0 unspecified atom stereocenters. The van der Waals surface area contributed by atoms with Crippen LogP contribution < -0.4 is 5.32 Å². The van der Waals surface area contributed by atoms with Gasteiger partial charge in [-0.2, -0.15) is 0 Å². The van der Waals surface area contributed by atoms with Crippen molar-refractivity contribution >= 4 is 27.3 Å². The van der Waals surface area contributed by atoms with Gasteiger partial charge in [0.1, 0.15) is 0 Å². The average Bonchev–Trinajstić information content (AvgIpc) is 2.37. The van der Waals surface area contributed by atoms with Crippen molar-refractivity contribution in [2.45, 2.75) is 6.54 Å². The molecule has 0 saturated heterocycles. The molecule has 58 valence electrons. The number of hydrogen-bond donors (Lipinski definition) is 1. The van der Waals surface area contributed by atoms with Crippen LogP contribution in [-0.4, -0.2) is 6.54 Å². The van der Waals surface area contributed by atoms with Gasteiger partial charge in [0.15, 0.2) is 0 Å². The first-order valence-electron chi connectivity index (χ1n) is 3.20. The minimum atomic E-state index is 0.629. The molecule has 1 rings (SSSR count). The fraction of sp³-hybridized carbons (Fsp3) is 0.250. The number of hydrogen-bond acceptors (Lipinski definition) is 2. The Morgan fingerprint density at radius 2 is 2.55 bits per heavy atom. The molecule has 0 spiro atoms. The first-order valence-corrected chi connectivity index (χ1v) is 4.88. The van der Waals surface area contributed by atoms with Crippen molar-refractivity contribution in [2.75, 3.05) is 6.54 Å². The highest BCUT2D eigenvalue weighted by atomic mass is 79.9. The van der Waals surface area contributed by atoms with Crippen molar-refractivity contribution < 1.29 is 0 Å². The van der Waals surface area contributed by atoms with Crippen molar-refractivity contribution in [3.05, 3.63) is 20.8 Å². The van der Waals surface area contributed by atoms with E-state index in [0.717, 1.165) is 11.0 Å². The summed E-state index contributed by atoms with van der Waals surface area (Å²) in [7, 11) is 0. The molecule has 0 aliphatic rings. The number of terminal acetylenes is 1. The van der Waals surface area contributed by atoms with Gasteiger partial charge in [-0.15, -0.1) is 17.8 Å². The lowest BCUT2D eigenvalue weighted by Gasteiger charge is -1.97. The van der Waals surface area contributed by atoms with Crippen LogP contribution in [0.2, 0.25) is 0 Å². The van der Waals surface area contributed by atoms with E-state index in [1.54, 1.807) is 11.3 Å². The summed E-state index contributed by atoms with van der Waals surface area (Å²) in [5, 5.41) is 5.18. The Hall–Kier alpha value is -0.300. The second kappa shape index (κ2) is 4.55. The molecular weight excluding hydrogens is 222 g/mol. The maximum atomic E-state index is 5.09. The van der Waals surface area contributed by atoms with E-state index in [1.807, 2.05) is 6.07 Å². The molecule has 1 aromatic heterocycles. The van der Waals surface area contributed by atoms with Crippen LogP contribution in [0.3, 0.4) is 0 Å². The predicted octanol–water partition coefficient (Wildman–Crippen LogP) is 2.23. The Kier molecular flexibility index (Phi) is 3.64. The van der Waals surface area contributed by atoms with E-state index in [0.29, 0.717) is 6.54 Å². The zero-order chi connectivity index (χ0) is 8.10. The van der Waals surface area contributed by atoms with Crippen LogP contribution in [0.5, 0.6) is 0 Å². The zero-order valence-corrected chi connectivity index (χ0v) is 8.33. The molecule has 0 aliphatic heterocycles. The summed E-state index contributed by atoms with van der Waals surface area (Å²) >= 11 is 5.16. The molecule has 1 aromatic rings. The van der Waals surface area contributed by atoms with Gasteiger partial charge in [0.05, 0.1) is 6.54 Å². The van der Waals surface area contributed by atoms with Crippen LogP contribution in [0, 0.1) is 12.3 Å². The minimum absolute atomic E-state index is 0.629. The van der Waals surface area contributed by atoms with Crippen molar-refractivity contribution in [3.63, 3.8) is 0 Å². The average molecular weight is 230 g/mol. The van der Waals surface area contributed by atoms with E-state index in [4.69, 9.17) is 6.42 Å². The van der Waals surface area contributed by atoms with Crippen molar-refractivity contribution in [3.8, 4) is 12.3 Å². The van der Waals surface area contributed by atoms with Crippen molar-refractivity contribution in [1.29, 1.82) is 0 Å². The maximum absolute atomic E-state index is 5.09. The molecule has 3 heteroatoms. The fourth-order valence-electron chi connectivity index (χ4n) is 0.699. The lowest BCUT2D eigenvalue weighted by molar-refractivity contribution is 0.779. The highest BCUT2D eigenvalue weighted by Gasteiger charge is 1.98. The minimum Gasteiger partial charge on any atom is -0.301 e. The van der Waals surface area contributed by atoms with E-state index in [9.17, 15) is 0 Å². The van der Waals surface area contributed by atoms with Crippen LogP contribution >= 0.6 is 27.3 Å². The molecule has 11 heavy (non-hydrogen) atoms. The summed E-state index contributed by atoms with van der Waals surface area (Å²) in [6, 6.07) is 2.04. The molecule has 0 atom stereocenters. The lowest BCUT2D eigenvalue weighted by atomic mass is 10.4. The quantitative estimate of drug-likeness (QED) is 0.620. The van der Waals surface area contributed by atoms with E-state index in [1.165, 1.54) is 4.88 Å². The molecular formula is C8H8BrNS. The van der Waals surface area contributed by atoms with E-state index in [-0.39, 0.29) is 0 Å². The monoisotopic (exact) mass is 229 g/mol. The van der Waals surface area contributed by atoms with Crippen LogP contribution in [0.15, 0.2) is 15.9 Å². The Balaban J connectivity index is 2.40. The first-order chi connectivity index (χ1) is 5.34. The first kappa shape index (κ1) is 8.79. The Bertz CT molecular complexity index is 261. The van der Waals surface area contributed by atoms with Gasteiger partial charge in [-0.05, 0) is 27.4 Å². The smallest absolute Gasteiger partial charge is 0.0576 e. The third kappa shape index (κ3) is 2.66. The second-order valence-corrected chi connectivity index (χ2v) is 3.85. The van der Waals surface area contributed by atoms with Crippen LogP contribution in [0.1, 0.15) is 4.88 Å². The topological polar surface area (TPSA) is 12.0 Å². The third-order valence-electron chi connectivity index (χ3n) is 1.20. The largest absolute Gasteiger partial charge is 0.301 e. The normalized spacial score (nSPS) is 9.45. The summed E-state index contributed by atoms with van der Waals surface area (Å²) in [5.74, 6) is 2.53. The second-order valence-electron chi connectivity index (χ2n) is 2.00. The number of rotatable bonds is 3. The van der Waals surface area contributed by atoms with Gasteiger partial charge < -0.3 is 5.32 Å². The van der Waals surface area contributed by atoms with Gasteiger partial charge in [-0.1, -0.05) is 5.92 Å². The molecule has 0 amide bonds. The highest BCUT2D eigenvalue weighted by molar-refractivity contribution is 9.10. The molecule has 1 heterocycles. The Labute approximate surface area is 78.9 Å². The Morgan fingerprint density at radius 3 is 3.09 bits per heavy atom. The zero-order valence-electron chi connectivity index (χ0n) is 5.93. The summed E-state index contributed by atoms with van der Waals surface area (Å²) in [4.78, 5) is 1.29. The lowest BCUT2D eigenvalue weighted by Crippen LogP contribution is -2.12. The van der Waals surface area contributed by atoms with Crippen molar-refractivity contribution in [2.24, 2.45) is 0 Å². The van der Waals surface area contributed by atoms with Gasteiger partial charge in [0, 0.05) is 15.9 Å². The molecule has 0 fully saturated rings. The third-order valence-corrected chi connectivity index (χ3v) is 3.13. The van der Waals surface area contributed by atoms with Gasteiger partial charge in [-0.3, -0.25) is 0 Å². The van der Waals surface area contributed by atoms with Gasteiger partial charge in [-0.25, -0.2) is 0 Å². The van der Waals surface area contributed by atoms with E-state index in [2.05, 4.69) is 32.5 Å². The SMILES string of the molecule is C#CCNCc1sccc1Br. The molecule has 0 bridgehead atoms. The molecule has 0 saturated carbocycles. The number of thiophene rings is 1. The fourth-order valence-corrected chi connectivity index (χ4v) is 2.16. The molecule has 1 N–H and O–H groups in total. The predicted molar refractivity (Wildman–Crippen MR) is 52.6 cm³/mol. The summed E-state index contributed by atoms with van der Waals surface area (Å²) < 4.78 is 1.16. The molecule has 0 aromatic carbocycles. The summed E-state index contributed by atoms with van der Waals surface area (Å²) in [6.45, 7) is 1.48. The number of nitrogens with one attached hydrogen (secondary N) is 1. The maximum Gasteiger partial charge on any atom is 0.0576 e. The van der Waals surface area contributed by atoms with Gasteiger partial charge in [0.25, 0.3) is 0 Å². The highest BCUT2D eigenvalue weighted by Crippen LogP contribution is 2.21. The van der Waals surface area contributed by atoms with Gasteiger partial charge in [0.2, 0.25) is 0 Å². The van der Waals surface area contributed by atoms with Crippen LogP contribution in [0.4, 0.5) is 0 Å². The van der Waals surface area contributed by atoms with E-state index < -0.39 is 0 Å². The van der Waals surface area contributed by atoms with Crippen LogP contribution in [0.25, 0.3) is 0 Å².